The zero-order valence-electron chi connectivity index (χ0n) is 18.6. The summed E-state index contributed by atoms with van der Waals surface area (Å²) in [5.41, 5.74) is 4.18. The van der Waals surface area contributed by atoms with Crippen molar-refractivity contribution in [2.75, 3.05) is 37.6 Å². The Morgan fingerprint density at radius 2 is 1.15 bits per heavy atom. The molecular weight excluding hydrogens is 410 g/mol. The molecule has 3 aromatic carbocycles. The van der Waals surface area contributed by atoms with Crippen molar-refractivity contribution in [2.24, 2.45) is 0 Å². The maximum Gasteiger partial charge on any atom is 0.277 e. The molecule has 0 atom stereocenters. The predicted octanol–water partition coefficient (Wildman–Crippen LogP) is 3.83. The second-order valence-electron chi connectivity index (χ2n) is 8.40. The fourth-order valence-corrected chi connectivity index (χ4v) is 4.64. The van der Waals surface area contributed by atoms with Gasteiger partial charge in [-0.05, 0) is 29.7 Å². The molecule has 0 unspecified atom stereocenters. The molecule has 2 heterocycles. The lowest BCUT2D eigenvalue weighted by atomic mass is 10.0. The summed E-state index contributed by atoms with van der Waals surface area (Å²) in [6.45, 7) is 3.39. The van der Waals surface area contributed by atoms with Gasteiger partial charge in [-0.2, -0.15) is 0 Å². The Morgan fingerprint density at radius 1 is 0.606 bits per heavy atom. The molecule has 3 aromatic rings. The third-order valence-corrected chi connectivity index (χ3v) is 6.39. The van der Waals surface area contributed by atoms with E-state index in [1.54, 1.807) is 0 Å². The normalized spacial score (nSPS) is 16.7. The topological polar surface area (TPSA) is 43.9 Å². The minimum absolute atomic E-state index is 0.178. The lowest BCUT2D eigenvalue weighted by Crippen LogP contribution is -2.47. The van der Waals surface area contributed by atoms with Gasteiger partial charge in [0.25, 0.3) is 11.8 Å². The van der Waals surface area contributed by atoms with Gasteiger partial charge in [0.1, 0.15) is 5.70 Å². The number of imide groups is 1. The monoisotopic (exact) mass is 437 g/mol. The van der Waals surface area contributed by atoms with Gasteiger partial charge in [0.2, 0.25) is 0 Å². The summed E-state index contributed by atoms with van der Waals surface area (Å²) < 4.78 is 0. The van der Waals surface area contributed by atoms with Crippen LogP contribution < -0.4 is 4.90 Å². The Bertz CT molecular complexity index is 1150. The number of piperazine rings is 1. The van der Waals surface area contributed by atoms with Crippen LogP contribution in [0.25, 0.3) is 5.57 Å². The molecule has 0 radical (unpaired) electrons. The molecular formula is C28H27N3O2. The number of rotatable bonds is 6. The number of benzene rings is 3. The number of para-hydroxylation sites is 1. The van der Waals surface area contributed by atoms with E-state index in [1.807, 2.05) is 78.9 Å². The van der Waals surface area contributed by atoms with Crippen molar-refractivity contribution >= 4 is 23.1 Å². The van der Waals surface area contributed by atoms with E-state index in [1.165, 1.54) is 10.6 Å². The summed E-state index contributed by atoms with van der Waals surface area (Å²) in [6, 6.07) is 29.9. The maximum absolute atomic E-state index is 13.6. The zero-order chi connectivity index (χ0) is 22.6. The van der Waals surface area contributed by atoms with Gasteiger partial charge in [0.05, 0.1) is 5.57 Å². The molecule has 2 amide bonds. The standard InChI is InChI=1S/C28H27N3O2/c32-27-25(23-12-6-2-7-13-23)26(28(33)31(27)17-16-22-10-4-1-5-11-22)30-20-18-29(19-21-30)24-14-8-3-9-15-24/h1-15H,16-21H2. The molecule has 0 aliphatic carbocycles. The van der Waals surface area contributed by atoms with E-state index in [9.17, 15) is 9.59 Å². The number of hydrogen-bond donors (Lipinski definition) is 0. The largest absolute Gasteiger partial charge is 0.368 e. The molecule has 0 bridgehead atoms. The van der Waals surface area contributed by atoms with Crippen LogP contribution in [0.5, 0.6) is 0 Å². The lowest BCUT2D eigenvalue weighted by molar-refractivity contribution is -0.137. The third kappa shape index (κ3) is 4.27. The van der Waals surface area contributed by atoms with Crippen LogP contribution in [0.15, 0.2) is 96.7 Å². The predicted molar refractivity (Wildman–Crippen MR) is 130 cm³/mol. The highest BCUT2D eigenvalue weighted by Crippen LogP contribution is 2.32. The smallest absolute Gasteiger partial charge is 0.277 e. The minimum atomic E-state index is -0.192. The Labute approximate surface area is 194 Å². The van der Waals surface area contributed by atoms with Crippen LogP contribution in [0.4, 0.5) is 5.69 Å². The number of nitrogens with zero attached hydrogens (tertiary/aromatic N) is 3. The molecule has 0 saturated carbocycles. The Kier molecular flexibility index (Phi) is 5.94. The van der Waals surface area contributed by atoms with Crippen LogP contribution in [-0.4, -0.2) is 54.3 Å². The van der Waals surface area contributed by atoms with E-state index >= 15 is 0 Å². The molecule has 5 rings (SSSR count). The van der Waals surface area contributed by atoms with Crippen molar-refractivity contribution in [3.8, 4) is 0 Å². The van der Waals surface area contributed by atoms with E-state index in [0.29, 0.717) is 37.3 Å². The van der Waals surface area contributed by atoms with Gasteiger partial charge in [-0.15, -0.1) is 0 Å². The summed E-state index contributed by atoms with van der Waals surface area (Å²) in [6.07, 6.45) is 0.648. The summed E-state index contributed by atoms with van der Waals surface area (Å²) in [5.74, 6) is -0.370. The molecule has 2 aliphatic rings. The average molecular weight is 438 g/mol. The van der Waals surface area contributed by atoms with Gasteiger partial charge < -0.3 is 9.80 Å². The Balaban J connectivity index is 1.39. The van der Waals surface area contributed by atoms with E-state index in [2.05, 4.69) is 21.9 Å². The van der Waals surface area contributed by atoms with Crippen molar-refractivity contribution < 1.29 is 9.59 Å². The molecule has 166 valence electrons. The van der Waals surface area contributed by atoms with Gasteiger partial charge in [-0.1, -0.05) is 78.9 Å². The van der Waals surface area contributed by atoms with Crippen LogP contribution in [-0.2, 0) is 16.0 Å². The second-order valence-corrected chi connectivity index (χ2v) is 8.40. The summed E-state index contributed by atoms with van der Waals surface area (Å²) in [7, 11) is 0. The molecule has 2 aliphatic heterocycles. The highest BCUT2D eigenvalue weighted by Gasteiger charge is 2.41. The maximum atomic E-state index is 13.6. The number of hydrogen-bond acceptors (Lipinski definition) is 4. The first-order valence-corrected chi connectivity index (χ1v) is 11.5. The van der Waals surface area contributed by atoms with E-state index in [4.69, 9.17) is 0 Å². The van der Waals surface area contributed by atoms with E-state index in [0.717, 1.165) is 24.2 Å². The Hall–Kier alpha value is -3.86. The minimum Gasteiger partial charge on any atom is -0.368 e. The molecule has 0 N–H and O–H groups in total. The van der Waals surface area contributed by atoms with Crippen LogP contribution in [0, 0.1) is 0 Å². The highest BCUT2D eigenvalue weighted by atomic mass is 16.2. The fraction of sp³-hybridized carbons (Fsp3) is 0.214. The highest BCUT2D eigenvalue weighted by molar-refractivity contribution is 6.35. The van der Waals surface area contributed by atoms with Gasteiger partial charge in [-0.3, -0.25) is 14.5 Å². The van der Waals surface area contributed by atoms with Crippen molar-refractivity contribution in [3.05, 3.63) is 108 Å². The third-order valence-electron chi connectivity index (χ3n) is 6.39. The zero-order valence-corrected chi connectivity index (χ0v) is 18.6. The number of amides is 2. The molecule has 5 heteroatoms. The number of carbonyl (C=O) groups excluding carboxylic acids is 2. The van der Waals surface area contributed by atoms with Crippen LogP contribution >= 0.6 is 0 Å². The Morgan fingerprint density at radius 3 is 1.79 bits per heavy atom. The summed E-state index contributed by atoms with van der Waals surface area (Å²) in [4.78, 5) is 32.9. The average Bonchev–Trinajstić information content (AvgIpc) is 3.13. The second kappa shape index (κ2) is 9.33. The number of anilines is 1. The van der Waals surface area contributed by atoms with Crippen LogP contribution in [0.1, 0.15) is 11.1 Å². The van der Waals surface area contributed by atoms with Gasteiger partial charge in [-0.25, -0.2) is 0 Å². The first-order valence-electron chi connectivity index (χ1n) is 11.5. The van der Waals surface area contributed by atoms with E-state index < -0.39 is 0 Å². The van der Waals surface area contributed by atoms with Gasteiger partial charge >= 0.3 is 0 Å². The molecule has 1 fully saturated rings. The molecule has 0 aromatic heterocycles. The van der Waals surface area contributed by atoms with E-state index in [-0.39, 0.29) is 11.8 Å². The van der Waals surface area contributed by atoms with Gasteiger partial charge in [0, 0.05) is 38.4 Å². The number of carbonyl (C=O) groups is 2. The fourth-order valence-electron chi connectivity index (χ4n) is 4.64. The van der Waals surface area contributed by atoms with Crippen molar-refractivity contribution in [3.63, 3.8) is 0 Å². The molecule has 5 nitrogen and oxygen atoms in total. The quantitative estimate of drug-likeness (QED) is 0.550. The molecule has 0 spiro atoms. The SMILES string of the molecule is O=C1C(c2ccccc2)=C(N2CCN(c3ccccc3)CC2)C(=O)N1CCc1ccccc1. The summed E-state index contributed by atoms with van der Waals surface area (Å²) >= 11 is 0. The van der Waals surface area contributed by atoms with Crippen LogP contribution in [0.3, 0.4) is 0 Å². The van der Waals surface area contributed by atoms with Crippen molar-refractivity contribution in [1.29, 1.82) is 0 Å². The summed E-state index contributed by atoms with van der Waals surface area (Å²) in [5, 5.41) is 0. The van der Waals surface area contributed by atoms with Crippen LogP contribution in [0.2, 0.25) is 0 Å². The molecule has 1 saturated heterocycles. The first kappa shape index (κ1) is 21.0. The lowest BCUT2D eigenvalue weighted by Gasteiger charge is -2.37. The van der Waals surface area contributed by atoms with Crippen molar-refractivity contribution in [1.82, 2.24) is 9.80 Å². The first-order chi connectivity index (χ1) is 16.2. The van der Waals surface area contributed by atoms with Crippen molar-refractivity contribution in [2.45, 2.75) is 6.42 Å². The van der Waals surface area contributed by atoms with Gasteiger partial charge in [0.15, 0.2) is 0 Å². The molecule has 33 heavy (non-hydrogen) atoms.